The first-order valence-corrected chi connectivity index (χ1v) is 8.20. The van der Waals surface area contributed by atoms with Crippen molar-refractivity contribution in [2.45, 2.75) is 12.8 Å². The molecule has 1 aliphatic carbocycles. The smallest absolute Gasteiger partial charge is 0.100 e. The van der Waals surface area contributed by atoms with Gasteiger partial charge < -0.3 is 4.90 Å². The van der Waals surface area contributed by atoms with Gasteiger partial charge >= 0.3 is 0 Å². The number of hydrogen-bond donors (Lipinski definition) is 0. The minimum Gasteiger partial charge on any atom is -0.378 e. The van der Waals surface area contributed by atoms with Crippen molar-refractivity contribution in [3.63, 3.8) is 0 Å². The van der Waals surface area contributed by atoms with Gasteiger partial charge in [-0.2, -0.15) is 5.10 Å². The highest BCUT2D eigenvalue weighted by atomic mass is 15.3. The molecule has 0 amide bonds. The number of pyridine rings is 1. The van der Waals surface area contributed by atoms with Crippen molar-refractivity contribution in [3.8, 4) is 16.9 Å². The zero-order valence-corrected chi connectivity index (χ0v) is 14.0. The van der Waals surface area contributed by atoms with E-state index in [2.05, 4.69) is 65.1 Å². The lowest BCUT2D eigenvalue weighted by atomic mass is 9.99. The van der Waals surface area contributed by atoms with Crippen LogP contribution in [0.15, 0.2) is 54.9 Å². The van der Waals surface area contributed by atoms with Crippen molar-refractivity contribution in [2.24, 2.45) is 0 Å². The Morgan fingerprint density at radius 3 is 2.71 bits per heavy atom. The summed E-state index contributed by atoms with van der Waals surface area (Å²) in [5.74, 6) is 0. The van der Waals surface area contributed by atoms with Gasteiger partial charge in [0.2, 0.25) is 0 Å². The maximum Gasteiger partial charge on any atom is 0.100 e. The third-order valence-corrected chi connectivity index (χ3v) is 4.40. The summed E-state index contributed by atoms with van der Waals surface area (Å²) in [5, 5.41) is 4.95. The van der Waals surface area contributed by atoms with Gasteiger partial charge in [-0.05, 0) is 43.2 Å². The van der Waals surface area contributed by atoms with E-state index in [0.29, 0.717) is 0 Å². The van der Waals surface area contributed by atoms with E-state index in [1.54, 1.807) is 0 Å². The molecule has 4 nitrogen and oxygen atoms in total. The summed E-state index contributed by atoms with van der Waals surface area (Å²) in [6.07, 6.45) is 10.1. The molecular formula is C20H20N4. The fraction of sp³-hybridized carbons (Fsp3) is 0.200. The van der Waals surface area contributed by atoms with E-state index >= 15 is 0 Å². The molecule has 2 heterocycles. The summed E-state index contributed by atoms with van der Waals surface area (Å²) in [4.78, 5) is 6.24. The van der Waals surface area contributed by atoms with Crippen LogP contribution >= 0.6 is 0 Å². The maximum atomic E-state index is 4.95. The average Bonchev–Trinajstić information content (AvgIpc) is 3.02. The minimum absolute atomic E-state index is 1.01. The van der Waals surface area contributed by atoms with Crippen LogP contribution in [0.4, 0.5) is 5.69 Å². The quantitative estimate of drug-likeness (QED) is 0.733. The summed E-state index contributed by atoms with van der Waals surface area (Å²) in [6.45, 7) is 0. The van der Waals surface area contributed by atoms with E-state index in [9.17, 15) is 0 Å². The van der Waals surface area contributed by atoms with Gasteiger partial charge in [-0.1, -0.05) is 18.2 Å². The molecule has 1 aromatic carbocycles. The van der Waals surface area contributed by atoms with Gasteiger partial charge in [0.05, 0.1) is 11.4 Å². The standard InChI is InChI=1S/C20H20N4/c1-23(2)16-6-5-7-17(14-16)24-19-9-4-3-8-18(19)20(22-24)15-10-12-21-13-11-15/h3,5-8,10-14H,4,9H2,1-2H3. The molecule has 0 unspecified atom stereocenters. The van der Waals surface area contributed by atoms with Crippen LogP contribution in [0.25, 0.3) is 23.0 Å². The van der Waals surface area contributed by atoms with Crippen LogP contribution in [0, 0.1) is 0 Å². The summed E-state index contributed by atoms with van der Waals surface area (Å²) in [5.41, 5.74) is 6.92. The predicted octanol–water partition coefficient (Wildman–Crippen LogP) is 3.96. The van der Waals surface area contributed by atoms with Crippen molar-refractivity contribution in [3.05, 3.63) is 66.1 Å². The minimum atomic E-state index is 1.01. The fourth-order valence-electron chi connectivity index (χ4n) is 3.14. The first kappa shape index (κ1) is 14.7. The van der Waals surface area contributed by atoms with E-state index in [-0.39, 0.29) is 0 Å². The maximum absolute atomic E-state index is 4.95. The van der Waals surface area contributed by atoms with Gasteiger partial charge in [-0.15, -0.1) is 0 Å². The van der Waals surface area contributed by atoms with Gasteiger partial charge in [0.1, 0.15) is 5.69 Å². The van der Waals surface area contributed by atoms with Crippen molar-refractivity contribution in [1.82, 2.24) is 14.8 Å². The topological polar surface area (TPSA) is 34.0 Å². The highest BCUT2D eigenvalue weighted by molar-refractivity contribution is 5.75. The SMILES string of the molecule is CN(C)c1cccc(-n2nc(-c3ccncc3)c3c2CCC=C3)c1. The van der Waals surface area contributed by atoms with Crippen LogP contribution < -0.4 is 4.90 Å². The molecule has 4 heteroatoms. The first-order chi connectivity index (χ1) is 11.7. The van der Waals surface area contributed by atoms with Gasteiger partial charge in [0.25, 0.3) is 0 Å². The second-order valence-corrected chi connectivity index (χ2v) is 6.21. The monoisotopic (exact) mass is 316 g/mol. The van der Waals surface area contributed by atoms with Gasteiger partial charge in [0.15, 0.2) is 0 Å². The summed E-state index contributed by atoms with van der Waals surface area (Å²) < 4.78 is 2.10. The number of allylic oxidation sites excluding steroid dienone is 1. The fourth-order valence-corrected chi connectivity index (χ4v) is 3.14. The zero-order valence-electron chi connectivity index (χ0n) is 14.0. The van der Waals surface area contributed by atoms with Gasteiger partial charge in [0, 0.05) is 43.3 Å². The Morgan fingerprint density at radius 2 is 1.92 bits per heavy atom. The molecule has 0 radical (unpaired) electrons. The van der Waals surface area contributed by atoms with E-state index in [1.165, 1.54) is 16.9 Å². The summed E-state index contributed by atoms with van der Waals surface area (Å²) in [6, 6.07) is 12.5. The molecule has 0 saturated heterocycles. The summed E-state index contributed by atoms with van der Waals surface area (Å²) >= 11 is 0. The molecule has 0 spiro atoms. The number of benzene rings is 1. The highest BCUT2D eigenvalue weighted by Crippen LogP contribution is 2.32. The number of aromatic nitrogens is 3. The molecule has 0 fully saturated rings. The predicted molar refractivity (Wildman–Crippen MR) is 98.5 cm³/mol. The van der Waals surface area contributed by atoms with Crippen molar-refractivity contribution in [2.75, 3.05) is 19.0 Å². The zero-order chi connectivity index (χ0) is 16.5. The van der Waals surface area contributed by atoms with Crippen molar-refractivity contribution < 1.29 is 0 Å². The van der Waals surface area contributed by atoms with Crippen LogP contribution in [0.3, 0.4) is 0 Å². The number of hydrogen-bond acceptors (Lipinski definition) is 3. The van der Waals surface area contributed by atoms with Crippen LogP contribution in [0.5, 0.6) is 0 Å². The van der Waals surface area contributed by atoms with Crippen LogP contribution in [-0.2, 0) is 6.42 Å². The number of anilines is 1. The molecule has 1 aliphatic rings. The largest absolute Gasteiger partial charge is 0.378 e. The second kappa shape index (κ2) is 5.96. The molecular weight excluding hydrogens is 296 g/mol. The van der Waals surface area contributed by atoms with E-state index in [0.717, 1.165) is 29.8 Å². The Morgan fingerprint density at radius 1 is 1.08 bits per heavy atom. The third-order valence-electron chi connectivity index (χ3n) is 4.40. The van der Waals surface area contributed by atoms with Crippen molar-refractivity contribution in [1.29, 1.82) is 0 Å². The number of rotatable bonds is 3. The van der Waals surface area contributed by atoms with Gasteiger partial charge in [-0.25, -0.2) is 4.68 Å². The molecule has 24 heavy (non-hydrogen) atoms. The third kappa shape index (κ3) is 2.50. The molecule has 120 valence electrons. The molecule has 0 bridgehead atoms. The van der Waals surface area contributed by atoms with Crippen molar-refractivity contribution >= 4 is 11.8 Å². The number of nitrogens with zero attached hydrogens (tertiary/aromatic N) is 4. The Kier molecular flexibility index (Phi) is 3.65. The molecule has 3 aromatic rings. The lowest BCUT2D eigenvalue weighted by Crippen LogP contribution is -2.10. The molecule has 2 aromatic heterocycles. The van der Waals surface area contributed by atoms with E-state index < -0.39 is 0 Å². The normalized spacial score (nSPS) is 12.9. The average molecular weight is 316 g/mol. The van der Waals surface area contributed by atoms with E-state index in [4.69, 9.17) is 5.10 Å². The Hall–Kier alpha value is -2.88. The Balaban J connectivity index is 1.90. The summed E-state index contributed by atoms with van der Waals surface area (Å²) in [7, 11) is 4.12. The molecule has 4 rings (SSSR count). The molecule has 0 N–H and O–H groups in total. The van der Waals surface area contributed by atoms with Crippen LogP contribution in [-0.4, -0.2) is 28.9 Å². The van der Waals surface area contributed by atoms with Gasteiger partial charge in [-0.3, -0.25) is 4.98 Å². The Labute approximate surface area is 142 Å². The van der Waals surface area contributed by atoms with Crippen LogP contribution in [0.1, 0.15) is 17.7 Å². The lowest BCUT2D eigenvalue weighted by Gasteiger charge is -2.15. The van der Waals surface area contributed by atoms with E-state index in [1.807, 2.05) is 24.5 Å². The molecule has 0 atom stereocenters. The number of fused-ring (bicyclic) bond motifs is 1. The van der Waals surface area contributed by atoms with Crippen LogP contribution in [0.2, 0.25) is 0 Å². The highest BCUT2D eigenvalue weighted by Gasteiger charge is 2.20. The molecule has 0 saturated carbocycles. The lowest BCUT2D eigenvalue weighted by molar-refractivity contribution is 0.791. The first-order valence-electron chi connectivity index (χ1n) is 8.20. The molecule has 0 aliphatic heterocycles. The Bertz CT molecular complexity index is 891. The second-order valence-electron chi connectivity index (χ2n) is 6.21.